The predicted octanol–water partition coefficient (Wildman–Crippen LogP) is 16.2. The van der Waals surface area contributed by atoms with Gasteiger partial charge in [0, 0.05) is 60.2 Å². The summed E-state index contributed by atoms with van der Waals surface area (Å²) in [5.41, 5.74) is 13.3. The first-order valence-electron chi connectivity index (χ1n) is 24.2. The minimum Gasteiger partial charge on any atom is -0.455 e. The van der Waals surface area contributed by atoms with Gasteiger partial charge in [0.15, 0.2) is 5.84 Å². The van der Waals surface area contributed by atoms with Crippen molar-refractivity contribution in [3.63, 3.8) is 0 Å². The molecule has 1 atom stereocenters. The van der Waals surface area contributed by atoms with E-state index in [1.54, 1.807) is 0 Å². The summed E-state index contributed by atoms with van der Waals surface area (Å²) in [4.78, 5) is 11.3. The number of amidine groups is 2. The summed E-state index contributed by atoms with van der Waals surface area (Å²) in [6.07, 6.45) is -0.437. The van der Waals surface area contributed by atoms with Gasteiger partial charge >= 0.3 is 0 Å². The molecule has 0 amide bonds. The molecule has 1 aliphatic heterocycles. The molecular formula is C65H41N5O. The average Bonchev–Trinajstić information content (AvgIpc) is 4.11. The Morgan fingerprint density at radius 3 is 1.83 bits per heavy atom. The van der Waals surface area contributed by atoms with E-state index in [0.717, 1.165) is 105 Å². The number of hydrogen-bond donors (Lipinski definition) is 1. The Morgan fingerprint density at radius 2 is 1.03 bits per heavy atom. The standard InChI is InChI=1S/C65H41N5O/c1-3-18-40(19-4-1)63-66-64(68-65(67-63)52-30-17-29-49-47-26-11-15-32-57(47)70(61(49)52)44-23-5-2-6-24-44)50-35-34-45(69-56-31-14-12-27-48(56)54-36-41-20-7-8-21-42(41)38-58(54)69)39-53(50)55-37-43-22-9-10-25-46(43)62-60(55)51-28-13-16-33-59(51)71-62/h1-39,63H,(H,66,67,68). The maximum atomic E-state index is 6.86. The van der Waals surface area contributed by atoms with Crippen LogP contribution in [0.2, 0.25) is 0 Å². The Labute approximate surface area is 407 Å². The highest BCUT2D eigenvalue weighted by molar-refractivity contribution is 6.25. The van der Waals surface area contributed by atoms with E-state index >= 15 is 0 Å². The second-order valence-electron chi connectivity index (χ2n) is 18.5. The molecule has 0 radical (unpaired) electrons. The molecule has 0 saturated carbocycles. The van der Waals surface area contributed by atoms with Gasteiger partial charge in [-0.05, 0) is 106 Å². The number of benzene rings is 11. The van der Waals surface area contributed by atoms with Gasteiger partial charge in [0.05, 0.1) is 22.1 Å². The van der Waals surface area contributed by atoms with Crippen molar-refractivity contribution in [1.82, 2.24) is 14.5 Å². The molecule has 71 heavy (non-hydrogen) atoms. The van der Waals surface area contributed by atoms with Crippen LogP contribution in [0, 0.1) is 0 Å². The largest absolute Gasteiger partial charge is 0.455 e. The zero-order valence-corrected chi connectivity index (χ0v) is 38.3. The predicted molar refractivity (Wildman–Crippen MR) is 295 cm³/mol. The summed E-state index contributed by atoms with van der Waals surface area (Å²) in [7, 11) is 0. The Kier molecular flexibility index (Phi) is 8.62. The monoisotopic (exact) mass is 907 g/mol. The van der Waals surface area contributed by atoms with Crippen molar-refractivity contribution in [2.75, 3.05) is 0 Å². The second kappa shape index (κ2) is 15.5. The lowest BCUT2D eigenvalue weighted by Gasteiger charge is -2.25. The molecule has 0 bridgehead atoms. The van der Waals surface area contributed by atoms with Gasteiger partial charge in [-0.3, -0.25) is 0 Å². The van der Waals surface area contributed by atoms with Crippen LogP contribution in [0.4, 0.5) is 0 Å². The Morgan fingerprint density at radius 1 is 0.394 bits per heavy atom. The van der Waals surface area contributed by atoms with Gasteiger partial charge < -0.3 is 18.9 Å². The van der Waals surface area contributed by atoms with Crippen LogP contribution < -0.4 is 5.32 Å². The highest BCUT2D eigenvalue weighted by atomic mass is 16.3. The number of furan rings is 1. The third kappa shape index (κ3) is 6.08. The van der Waals surface area contributed by atoms with Crippen LogP contribution in [-0.4, -0.2) is 20.8 Å². The van der Waals surface area contributed by atoms with Gasteiger partial charge in [-0.2, -0.15) is 0 Å². The van der Waals surface area contributed by atoms with Gasteiger partial charge in [0.1, 0.15) is 23.2 Å². The highest BCUT2D eigenvalue weighted by Crippen LogP contribution is 2.45. The fourth-order valence-electron chi connectivity index (χ4n) is 11.4. The third-order valence-electron chi connectivity index (χ3n) is 14.5. The first kappa shape index (κ1) is 39.5. The average molecular weight is 908 g/mol. The number of fused-ring (bicyclic) bond motifs is 12. The topological polar surface area (TPSA) is 59.8 Å². The number of aliphatic imine (C=N–C) groups is 2. The zero-order chi connectivity index (χ0) is 46.6. The van der Waals surface area contributed by atoms with Gasteiger partial charge in [-0.1, -0.05) is 164 Å². The summed E-state index contributed by atoms with van der Waals surface area (Å²) < 4.78 is 11.7. The Bertz CT molecular complexity index is 4560. The van der Waals surface area contributed by atoms with Crippen LogP contribution in [0.1, 0.15) is 22.9 Å². The molecule has 0 spiro atoms. The van der Waals surface area contributed by atoms with Crippen LogP contribution in [0.25, 0.3) is 110 Å². The number of rotatable bonds is 6. The van der Waals surface area contributed by atoms with E-state index in [1.807, 2.05) is 6.07 Å². The normalized spacial score (nSPS) is 14.1. The molecule has 3 aromatic heterocycles. The molecule has 1 aliphatic rings. The van der Waals surface area contributed by atoms with Crippen LogP contribution in [0.5, 0.6) is 0 Å². The van der Waals surface area contributed by atoms with Gasteiger partial charge in [-0.25, -0.2) is 9.98 Å². The quantitative estimate of drug-likeness (QED) is 0.181. The summed E-state index contributed by atoms with van der Waals surface area (Å²) in [6, 6.07) is 84.5. The van der Waals surface area contributed by atoms with Crippen molar-refractivity contribution in [2.45, 2.75) is 6.17 Å². The number of aromatic nitrogens is 2. The Balaban J connectivity index is 1.04. The molecule has 1 N–H and O–H groups in total. The van der Waals surface area contributed by atoms with Gasteiger partial charge in [0.25, 0.3) is 0 Å². The lowest BCUT2D eigenvalue weighted by atomic mass is 9.91. The van der Waals surface area contributed by atoms with E-state index < -0.39 is 6.17 Å². The van der Waals surface area contributed by atoms with Crippen LogP contribution >= 0.6 is 0 Å². The minimum absolute atomic E-state index is 0.437. The summed E-state index contributed by atoms with van der Waals surface area (Å²) in [5.74, 6) is 1.38. The molecule has 332 valence electrons. The molecule has 14 aromatic rings. The highest BCUT2D eigenvalue weighted by Gasteiger charge is 2.28. The molecule has 11 aromatic carbocycles. The second-order valence-corrected chi connectivity index (χ2v) is 18.5. The fraction of sp³-hybridized carbons (Fsp3) is 0.0154. The fourth-order valence-corrected chi connectivity index (χ4v) is 11.4. The number of nitrogens with one attached hydrogen (secondary N) is 1. The first-order chi connectivity index (χ1) is 35.2. The molecule has 1 unspecified atom stereocenters. The third-order valence-corrected chi connectivity index (χ3v) is 14.5. The van der Waals surface area contributed by atoms with Gasteiger partial charge in [-0.15, -0.1) is 0 Å². The molecule has 6 nitrogen and oxygen atoms in total. The summed E-state index contributed by atoms with van der Waals surface area (Å²) >= 11 is 0. The summed E-state index contributed by atoms with van der Waals surface area (Å²) in [6.45, 7) is 0. The molecule has 0 aliphatic carbocycles. The van der Waals surface area contributed by atoms with E-state index in [9.17, 15) is 0 Å². The van der Waals surface area contributed by atoms with E-state index in [-0.39, 0.29) is 0 Å². The molecule has 0 saturated heterocycles. The van der Waals surface area contributed by atoms with E-state index in [2.05, 4.69) is 245 Å². The molecule has 15 rings (SSSR count). The van der Waals surface area contributed by atoms with E-state index in [4.69, 9.17) is 14.4 Å². The van der Waals surface area contributed by atoms with Crippen molar-refractivity contribution >= 4 is 98.8 Å². The lowest BCUT2D eigenvalue weighted by molar-refractivity contribution is 0.672. The molecule has 4 heterocycles. The number of para-hydroxylation sites is 5. The van der Waals surface area contributed by atoms with Crippen molar-refractivity contribution in [2.24, 2.45) is 9.98 Å². The van der Waals surface area contributed by atoms with Crippen LogP contribution in [0.3, 0.4) is 0 Å². The molecule has 0 fully saturated rings. The van der Waals surface area contributed by atoms with Crippen molar-refractivity contribution < 1.29 is 4.42 Å². The van der Waals surface area contributed by atoms with Crippen LogP contribution in [0.15, 0.2) is 251 Å². The maximum Gasteiger partial charge on any atom is 0.160 e. The zero-order valence-electron chi connectivity index (χ0n) is 38.3. The molecule has 6 heteroatoms. The molecular weight excluding hydrogens is 867 g/mol. The maximum absolute atomic E-state index is 6.86. The van der Waals surface area contributed by atoms with Crippen molar-refractivity contribution in [3.8, 4) is 22.5 Å². The van der Waals surface area contributed by atoms with E-state index in [1.165, 1.54) is 26.9 Å². The SMILES string of the molecule is c1ccc(C2N=C(c3ccc(-n4c5ccccc5c5cc6ccccc6cc54)cc3-c3cc4ccccc4c4oc5ccccc5c34)N=C(c3cccc4c5ccccc5n(-c5ccccc5)c34)N2)cc1. The van der Waals surface area contributed by atoms with Crippen molar-refractivity contribution in [1.29, 1.82) is 0 Å². The van der Waals surface area contributed by atoms with Crippen LogP contribution in [-0.2, 0) is 0 Å². The smallest absolute Gasteiger partial charge is 0.160 e. The number of hydrogen-bond acceptors (Lipinski definition) is 4. The van der Waals surface area contributed by atoms with Gasteiger partial charge in [0.2, 0.25) is 0 Å². The minimum atomic E-state index is -0.437. The number of nitrogens with zero attached hydrogens (tertiary/aromatic N) is 4. The van der Waals surface area contributed by atoms with Crippen molar-refractivity contribution in [3.05, 3.63) is 253 Å². The Hall–Kier alpha value is -9.52. The van der Waals surface area contributed by atoms with E-state index in [0.29, 0.717) is 5.84 Å². The lowest BCUT2D eigenvalue weighted by Crippen LogP contribution is -2.34. The summed E-state index contributed by atoms with van der Waals surface area (Å²) in [5, 5.41) is 15.3. The first-order valence-corrected chi connectivity index (χ1v) is 24.2.